The molecule has 0 heterocycles. The van der Waals surface area contributed by atoms with Gasteiger partial charge in [0.25, 0.3) is 12.5 Å². The Morgan fingerprint density at radius 3 is 2.33 bits per heavy atom. The van der Waals surface area contributed by atoms with Gasteiger partial charge in [-0.1, -0.05) is 6.07 Å². The Bertz CT molecular complexity index is 381. The van der Waals surface area contributed by atoms with Crippen LogP contribution in [0.5, 0.6) is 0 Å². The Balaban J connectivity index is 2.72. The number of carbonyl (C=O) groups is 1. The molecule has 1 N–H and O–H groups in total. The summed E-state index contributed by atoms with van der Waals surface area (Å²) in [6.07, 6.45) is 0. The molecule has 0 radical (unpaired) electrons. The third-order valence-corrected chi connectivity index (χ3v) is 1.78. The van der Waals surface area contributed by atoms with Crippen LogP contribution in [0.15, 0.2) is 18.2 Å². The van der Waals surface area contributed by atoms with Gasteiger partial charge in [0.2, 0.25) is 0 Å². The van der Waals surface area contributed by atoms with Crippen LogP contribution in [0.1, 0.15) is 11.1 Å². The van der Waals surface area contributed by atoms with Crippen LogP contribution in [0.25, 0.3) is 0 Å². The minimum Gasteiger partial charge on any atom is -0.320 e. The van der Waals surface area contributed by atoms with Gasteiger partial charge in [-0.25, -0.2) is 0 Å². The summed E-state index contributed by atoms with van der Waals surface area (Å²) in [5.41, 5.74) is 2.61. The number of nitrogens with one attached hydrogen (secondary N) is 1. The Hall–Kier alpha value is -1.91. The average Bonchev–Trinajstić information content (AvgIpc) is 1.98. The summed E-state index contributed by atoms with van der Waals surface area (Å²) in [7, 11) is 0. The molecule has 1 aromatic rings. The molecule has 1 amide bonds. The smallest absolute Gasteiger partial charge is 0.296 e. The lowest BCUT2D eigenvalue weighted by molar-refractivity contribution is -0.467. The van der Waals surface area contributed by atoms with Crippen LogP contribution in [0.2, 0.25) is 0 Å². The van der Waals surface area contributed by atoms with Crippen LogP contribution >= 0.6 is 0 Å². The number of nitro groups is 1. The Morgan fingerprint density at radius 2 is 1.87 bits per heavy atom. The molecule has 0 atom stereocenters. The number of carbonyl (C=O) groups excluding carboxylic acids is 1. The van der Waals surface area contributed by atoms with Crippen molar-refractivity contribution in [3.8, 4) is 0 Å². The topological polar surface area (TPSA) is 72.2 Å². The van der Waals surface area contributed by atoms with Gasteiger partial charge in [-0.2, -0.15) is 0 Å². The predicted molar refractivity (Wildman–Crippen MR) is 56.4 cm³/mol. The van der Waals surface area contributed by atoms with Crippen molar-refractivity contribution in [3.63, 3.8) is 0 Å². The van der Waals surface area contributed by atoms with Crippen LogP contribution in [0.3, 0.4) is 0 Å². The third-order valence-electron chi connectivity index (χ3n) is 1.78. The molecular formula is C10H12N2O3. The second-order valence-electron chi connectivity index (χ2n) is 3.42. The van der Waals surface area contributed by atoms with E-state index < -0.39 is 17.4 Å². The standard InChI is InChI=1S/C10H12N2O3/c1-7-3-8(2)5-9(4-7)11-10(13)6-12(14)15/h3-5H,6H2,1-2H3,(H,11,13). The van der Waals surface area contributed by atoms with Crippen LogP contribution in [0.4, 0.5) is 5.69 Å². The molecule has 0 saturated heterocycles. The van der Waals surface area contributed by atoms with Gasteiger partial charge in [-0.05, 0) is 37.1 Å². The maximum atomic E-state index is 11.1. The third kappa shape index (κ3) is 3.76. The zero-order valence-electron chi connectivity index (χ0n) is 8.61. The molecule has 0 aliphatic rings. The number of hydrogen-bond acceptors (Lipinski definition) is 3. The van der Waals surface area contributed by atoms with Gasteiger partial charge in [0.1, 0.15) is 0 Å². The van der Waals surface area contributed by atoms with E-state index >= 15 is 0 Å². The number of rotatable bonds is 3. The first kappa shape index (κ1) is 11.2. The van der Waals surface area contributed by atoms with Crippen molar-refractivity contribution in [3.05, 3.63) is 39.4 Å². The van der Waals surface area contributed by atoms with Crippen LogP contribution in [0, 0.1) is 24.0 Å². The van der Waals surface area contributed by atoms with E-state index in [1.54, 1.807) is 12.1 Å². The highest BCUT2D eigenvalue weighted by Crippen LogP contribution is 2.13. The summed E-state index contributed by atoms with van der Waals surface area (Å²) in [6.45, 7) is 3.10. The monoisotopic (exact) mass is 208 g/mol. The van der Waals surface area contributed by atoms with E-state index in [4.69, 9.17) is 0 Å². The van der Waals surface area contributed by atoms with E-state index in [9.17, 15) is 14.9 Å². The van der Waals surface area contributed by atoms with Crippen molar-refractivity contribution in [2.24, 2.45) is 0 Å². The highest BCUT2D eigenvalue weighted by Gasteiger charge is 2.09. The maximum absolute atomic E-state index is 11.1. The molecule has 0 aliphatic heterocycles. The van der Waals surface area contributed by atoms with Gasteiger partial charge in [0.15, 0.2) is 0 Å². The lowest BCUT2D eigenvalue weighted by Gasteiger charge is -2.05. The zero-order chi connectivity index (χ0) is 11.4. The average molecular weight is 208 g/mol. The molecule has 80 valence electrons. The maximum Gasteiger partial charge on any atom is 0.296 e. The SMILES string of the molecule is Cc1cc(C)cc(NC(=O)C[N+](=O)[O-])c1. The van der Waals surface area contributed by atoms with E-state index in [0.717, 1.165) is 11.1 Å². The molecule has 5 heteroatoms. The fourth-order valence-electron chi connectivity index (χ4n) is 1.36. The minimum atomic E-state index is -0.701. The number of amides is 1. The molecule has 1 rings (SSSR count). The van der Waals surface area contributed by atoms with Crippen LogP contribution in [-0.4, -0.2) is 17.4 Å². The molecule has 1 aromatic carbocycles. The normalized spacial score (nSPS) is 9.73. The van der Waals surface area contributed by atoms with Gasteiger partial charge in [0, 0.05) is 10.6 Å². The Morgan fingerprint density at radius 1 is 1.33 bits per heavy atom. The molecule has 0 fully saturated rings. The fourth-order valence-corrected chi connectivity index (χ4v) is 1.36. The highest BCUT2D eigenvalue weighted by atomic mass is 16.6. The lowest BCUT2D eigenvalue weighted by Crippen LogP contribution is -2.21. The number of anilines is 1. The van der Waals surface area contributed by atoms with Gasteiger partial charge in [-0.3, -0.25) is 14.9 Å². The van der Waals surface area contributed by atoms with Crippen molar-refractivity contribution >= 4 is 11.6 Å². The van der Waals surface area contributed by atoms with E-state index in [-0.39, 0.29) is 0 Å². The second-order valence-corrected chi connectivity index (χ2v) is 3.42. The molecule has 0 bridgehead atoms. The van der Waals surface area contributed by atoms with Crippen molar-refractivity contribution in [2.75, 3.05) is 11.9 Å². The minimum absolute atomic E-state index is 0.597. The number of nitrogens with zero attached hydrogens (tertiary/aromatic N) is 1. The molecule has 5 nitrogen and oxygen atoms in total. The van der Waals surface area contributed by atoms with Crippen molar-refractivity contribution in [1.29, 1.82) is 0 Å². The second kappa shape index (κ2) is 4.54. The number of benzene rings is 1. The first-order valence-corrected chi connectivity index (χ1v) is 4.47. The first-order chi connectivity index (χ1) is 6.97. The van der Waals surface area contributed by atoms with E-state index in [0.29, 0.717) is 5.69 Å². The van der Waals surface area contributed by atoms with Gasteiger partial charge >= 0.3 is 0 Å². The molecule has 0 spiro atoms. The van der Waals surface area contributed by atoms with E-state index in [1.807, 2.05) is 19.9 Å². The molecule has 0 saturated carbocycles. The fraction of sp³-hybridized carbons (Fsp3) is 0.300. The van der Waals surface area contributed by atoms with Gasteiger partial charge < -0.3 is 5.32 Å². The van der Waals surface area contributed by atoms with Gasteiger partial charge in [0.05, 0.1) is 0 Å². The van der Waals surface area contributed by atoms with Gasteiger partial charge in [-0.15, -0.1) is 0 Å². The number of hydrogen-bond donors (Lipinski definition) is 1. The zero-order valence-corrected chi connectivity index (χ0v) is 8.61. The first-order valence-electron chi connectivity index (χ1n) is 4.47. The molecule has 0 aromatic heterocycles. The largest absolute Gasteiger partial charge is 0.320 e. The van der Waals surface area contributed by atoms with Crippen LogP contribution in [-0.2, 0) is 4.79 Å². The summed E-state index contributed by atoms with van der Waals surface area (Å²) in [6, 6.07) is 5.50. The molecule has 0 unspecified atom stereocenters. The molecule has 0 aliphatic carbocycles. The van der Waals surface area contributed by atoms with Crippen molar-refractivity contribution in [1.82, 2.24) is 0 Å². The number of aryl methyl sites for hydroxylation is 2. The highest BCUT2D eigenvalue weighted by molar-refractivity contribution is 5.91. The summed E-state index contributed by atoms with van der Waals surface area (Å²) in [4.78, 5) is 20.5. The van der Waals surface area contributed by atoms with Crippen molar-refractivity contribution in [2.45, 2.75) is 13.8 Å². The molecule has 15 heavy (non-hydrogen) atoms. The Kier molecular flexibility index (Phi) is 3.38. The van der Waals surface area contributed by atoms with E-state index in [2.05, 4.69) is 5.32 Å². The quantitative estimate of drug-likeness (QED) is 0.604. The van der Waals surface area contributed by atoms with E-state index in [1.165, 1.54) is 0 Å². The lowest BCUT2D eigenvalue weighted by atomic mass is 10.1. The summed E-state index contributed by atoms with van der Waals surface area (Å²) in [5.74, 6) is -0.606. The summed E-state index contributed by atoms with van der Waals surface area (Å²) in [5, 5.41) is 12.6. The Labute approximate surface area is 87.3 Å². The van der Waals surface area contributed by atoms with Crippen molar-refractivity contribution < 1.29 is 9.72 Å². The van der Waals surface area contributed by atoms with Crippen LogP contribution < -0.4 is 5.32 Å². The molecular weight excluding hydrogens is 196 g/mol. The summed E-state index contributed by atoms with van der Waals surface area (Å²) >= 11 is 0. The predicted octanol–water partition coefficient (Wildman–Crippen LogP) is 1.52. The summed E-state index contributed by atoms with van der Waals surface area (Å²) < 4.78 is 0.